The molecule has 0 aliphatic rings. The van der Waals surface area contributed by atoms with E-state index < -0.39 is 0 Å². The van der Waals surface area contributed by atoms with Crippen LogP contribution in [0.1, 0.15) is 25.3 Å². The molecule has 0 N–H and O–H groups in total. The maximum absolute atomic E-state index is 5.69. The maximum Gasteiger partial charge on any atom is 0.127 e. The molecule has 81 valence electrons. The van der Waals surface area contributed by atoms with Crippen LogP contribution in [-0.4, -0.2) is 0 Å². The molecule has 16 heavy (non-hydrogen) atoms. The molecule has 0 spiro atoms. The van der Waals surface area contributed by atoms with Crippen molar-refractivity contribution in [3.8, 4) is 11.5 Å². The van der Waals surface area contributed by atoms with Crippen molar-refractivity contribution >= 4 is 0 Å². The van der Waals surface area contributed by atoms with Gasteiger partial charge in [-0.05, 0) is 41.8 Å². The summed E-state index contributed by atoms with van der Waals surface area (Å²) in [6.45, 7) is 4.37. The van der Waals surface area contributed by atoms with Crippen molar-refractivity contribution in [3.05, 3.63) is 60.2 Å². The first-order chi connectivity index (χ1) is 7.75. The Morgan fingerprint density at radius 1 is 0.875 bits per heavy atom. The third-order valence-electron chi connectivity index (χ3n) is 2.47. The van der Waals surface area contributed by atoms with Crippen molar-refractivity contribution in [2.24, 2.45) is 0 Å². The highest BCUT2D eigenvalue weighted by atomic mass is 16.5. The predicted octanol–water partition coefficient (Wildman–Crippen LogP) is 4.40. The molecular formula is C15H15O. The van der Waals surface area contributed by atoms with Gasteiger partial charge in [0.1, 0.15) is 11.5 Å². The molecular weight excluding hydrogens is 196 g/mol. The predicted molar refractivity (Wildman–Crippen MR) is 65.9 cm³/mol. The number of benzene rings is 2. The van der Waals surface area contributed by atoms with Gasteiger partial charge < -0.3 is 4.74 Å². The Labute approximate surface area is 96.7 Å². The van der Waals surface area contributed by atoms with E-state index in [1.165, 1.54) is 5.56 Å². The number of hydrogen-bond donors (Lipinski definition) is 0. The molecule has 2 rings (SSSR count). The van der Waals surface area contributed by atoms with Gasteiger partial charge >= 0.3 is 0 Å². The van der Waals surface area contributed by atoms with E-state index in [-0.39, 0.29) is 0 Å². The maximum atomic E-state index is 5.69. The fourth-order valence-electron chi connectivity index (χ4n) is 1.50. The summed E-state index contributed by atoms with van der Waals surface area (Å²) in [5.74, 6) is 2.27. The van der Waals surface area contributed by atoms with E-state index in [1.807, 2.05) is 36.4 Å². The molecule has 0 aliphatic heterocycles. The zero-order valence-electron chi connectivity index (χ0n) is 9.60. The Morgan fingerprint density at radius 3 is 2.00 bits per heavy atom. The van der Waals surface area contributed by atoms with E-state index in [0.29, 0.717) is 5.92 Å². The first kappa shape index (κ1) is 10.7. The summed E-state index contributed by atoms with van der Waals surface area (Å²) in [6.07, 6.45) is 0. The summed E-state index contributed by atoms with van der Waals surface area (Å²) in [5.41, 5.74) is 1.33. The van der Waals surface area contributed by atoms with E-state index >= 15 is 0 Å². The highest BCUT2D eigenvalue weighted by molar-refractivity contribution is 5.33. The number of ether oxygens (including phenoxy) is 1. The van der Waals surface area contributed by atoms with Crippen LogP contribution in [-0.2, 0) is 0 Å². The zero-order chi connectivity index (χ0) is 11.4. The highest BCUT2D eigenvalue weighted by Crippen LogP contribution is 2.23. The van der Waals surface area contributed by atoms with Crippen LogP contribution in [0.3, 0.4) is 0 Å². The lowest BCUT2D eigenvalue weighted by Gasteiger charge is -2.08. The molecule has 1 nitrogen and oxygen atoms in total. The number of rotatable bonds is 3. The van der Waals surface area contributed by atoms with Gasteiger partial charge in [0.05, 0.1) is 0 Å². The third kappa shape index (κ3) is 2.63. The summed E-state index contributed by atoms with van der Waals surface area (Å²) >= 11 is 0. The minimum Gasteiger partial charge on any atom is -0.457 e. The molecule has 0 fully saturated rings. The quantitative estimate of drug-likeness (QED) is 0.731. The fourth-order valence-corrected chi connectivity index (χ4v) is 1.50. The molecule has 1 heteroatoms. The second-order valence-corrected chi connectivity index (χ2v) is 4.06. The molecule has 1 radical (unpaired) electrons. The van der Waals surface area contributed by atoms with E-state index in [0.717, 1.165) is 11.5 Å². The van der Waals surface area contributed by atoms with Gasteiger partial charge in [-0.1, -0.05) is 38.1 Å². The SMILES string of the molecule is CC(C)c1ccc(Oc2cc[c]cc2)cc1. The Hall–Kier alpha value is -1.76. The van der Waals surface area contributed by atoms with Crippen LogP contribution in [0.4, 0.5) is 0 Å². The summed E-state index contributed by atoms with van der Waals surface area (Å²) in [5, 5.41) is 0. The van der Waals surface area contributed by atoms with Gasteiger partial charge in [0.25, 0.3) is 0 Å². The molecule has 0 bridgehead atoms. The first-order valence-electron chi connectivity index (χ1n) is 5.49. The van der Waals surface area contributed by atoms with Gasteiger partial charge in [0.15, 0.2) is 0 Å². The lowest BCUT2D eigenvalue weighted by atomic mass is 10.0. The normalized spacial score (nSPS) is 10.4. The zero-order valence-corrected chi connectivity index (χ0v) is 9.60. The Bertz CT molecular complexity index is 429. The van der Waals surface area contributed by atoms with Crippen LogP contribution in [0.5, 0.6) is 11.5 Å². The number of hydrogen-bond acceptors (Lipinski definition) is 1. The van der Waals surface area contributed by atoms with Gasteiger partial charge in [-0.25, -0.2) is 0 Å². The van der Waals surface area contributed by atoms with E-state index in [4.69, 9.17) is 4.74 Å². The lowest BCUT2D eigenvalue weighted by Crippen LogP contribution is -1.88. The summed E-state index contributed by atoms with van der Waals surface area (Å²) in [6, 6.07) is 18.7. The van der Waals surface area contributed by atoms with E-state index in [2.05, 4.69) is 32.0 Å². The molecule has 0 unspecified atom stereocenters. The topological polar surface area (TPSA) is 9.23 Å². The van der Waals surface area contributed by atoms with Crippen molar-refractivity contribution in [3.63, 3.8) is 0 Å². The van der Waals surface area contributed by atoms with Gasteiger partial charge in [-0.15, -0.1) is 0 Å². The highest BCUT2D eigenvalue weighted by Gasteiger charge is 2.00. The largest absolute Gasteiger partial charge is 0.457 e. The molecule has 2 aromatic rings. The molecule has 0 amide bonds. The molecule has 2 aromatic carbocycles. The van der Waals surface area contributed by atoms with Crippen LogP contribution in [0.25, 0.3) is 0 Å². The Kier molecular flexibility index (Phi) is 3.25. The first-order valence-corrected chi connectivity index (χ1v) is 5.49. The fraction of sp³-hybridized carbons (Fsp3) is 0.200. The van der Waals surface area contributed by atoms with Gasteiger partial charge in [0.2, 0.25) is 0 Å². The van der Waals surface area contributed by atoms with Crippen LogP contribution < -0.4 is 4.74 Å². The summed E-state index contributed by atoms with van der Waals surface area (Å²) in [7, 11) is 0. The van der Waals surface area contributed by atoms with Crippen molar-refractivity contribution < 1.29 is 4.74 Å². The van der Waals surface area contributed by atoms with Crippen LogP contribution in [0, 0.1) is 6.07 Å². The van der Waals surface area contributed by atoms with Gasteiger partial charge in [-0.2, -0.15) is 0 Å². The van der Waals surface area contributed by atoms with Crippen molar-refractivity contribution in [2.45, 2.75) is 19.8 Å². The molecule has 0 aromatic heterocycles. The molecule has 0 atom stereocenters. The van der Waals surface area contributed by atoms with E-state index in [9.17, 15) is 0 Å². The van der Waals surface area contributed by atoms with Crippen LogP contribution in [0.15, 0.2) is 48.5 Å². The van der Waals surface area contributed by atoms with Crippen molar-refractivity contribution in [1.82, 2.24) is 0 Å². The monoisotopic (exact) mass is 211 g/mol. The summed E-state index contributed by atoms with van der Waals surface area (Å²) in [4.78, 5) is 0. The second-order valence-electron chi connectivity index (χ2n) is 4.06. The summed E-state index contributed by atoms with van der Waals surface area (Å²) < 4.78 is 5.69. The van der Waals surface area contributed by atoms with Crippen LogP contribution >= 0.6 is 0 Å². The van der Waals surface area contributed by atoms with Crippen molar-refractivity contribution in [2.75, 3.05) is 0 Å². The average molecular weight is 211 g/mol. The molecule has 0 saturated heterocycles. The van der Waals surface area contributed by atoms with Crippen LogP contribution in [0.2, 0.25) is 0 Å². The molecule has 0 saturated carbocycles. The Morgan fingerprint density at radius 2 is 1.44 bits per heavy atom. The lowest BCUT2D eigenvalue weighted by molar-refractivity contribution is 0.482. The Balaban J connectivity index is 2.11. The minimum atomic E-state index is 0.556. The standard InChI is InChI=1S/C15H15O/c1-12(2)13-8-10-15(11-9-13)16-14-6-4-3-5-7-14/h4-12H,1-2H3. The molecule has 0 heterocycles. The molecule has 0 aliphatic carbocycles. The smallest absolute Gasteiger partial charge is 0.127 e. The van der Waals surface area contributed by atoms with Gasteiger partial charge in [0, 0.05) is 0 Å². The second kappa shape index (κ2) is 4.84. The third-order valence-corrected chi connectivity index (χ3v) is 2.47. The van der Waals surface area contributed by atoms with Gasteiger partial charge in [-0.3, -0.25) is 0 Å². The van der Waals surface area contributed by atoms with E-state index in [1.54, 1.807) is 0 Å². The average Bonchev–Trinajstić information content (AvgIpc) is 2.31. The van der Waals surface area contributed by atoms with Crippen molar-refractivity contribution in [1.29, 1.82) is 0 Å². The minimum absolute atomic E-state index is 0.556.